The summed E-state index contributed by atoms with van der Waals surface area (Å²) in [6.07, 6.45) is 7.28. The summed E-state index contributed by atoms with van der Waals surface area (Å²) in [4.78, 5) is 0. The standard InChI is InChI=1S/C14H23AsO4/c1-2-3-4-5-6-7-12-19-14-10-8-13(9-11-14)15(16,17)18/h8-11H,2-7,12H2,1H3,(H2,16,17,18). The van der Waals surface area contributed by atoms with Gasteiger partial charge >= 0.3 is 110 Å². The summed E-state index contributed by atoms with van der Waals surface area (Å²) in [7, 11) is 0. The molecular formula is C14H23AsO4. The maximum atomic E-state index is 11.0. The minimum atomic E-state index is -4.75. The Morgan fingerprint density at radius 1 is 1.00 bits per heavy atom. The molecule has 1 aromatic carbocycles. The van der Waals surface area contributed by atoms with Crippen LogP contribution < -0.4 is 9.09 Å². The maximum absolute atomic E-state index is 11.0. The van der Waals surface area contributed by atoms with E-state index in [0.29, 0.717) is 12.4 Å². The third kappa shape index (κ3) is 6.86. The monoisotopic (exact) mass is 330 g/mol. The molecule has 0 amide bonds. The van der Waals surface area contributed by atoms with Gasteiger partial charge in [-0.1, -0.05) is 6.92 Å². The summed E-state index contributed by atoms with van der Waals surface area (Å²) < 4.78 is 34.7. The fourth-order valence-corrected chi connectivity index (χ4v) is 2.94. The van der Waals surface area contributed by atoms with Crippen molar-refractivity contribution >= 4 is 18.5 Å². The SMILES string of the molecule is CCCCCCCCOc1ccc([As](=O)(O)O)cc1. The summed E-state index contributed by atoms with van der Waals surface area (Å²) in [6.45, 7) is 2.86. The fourth-order valence-electron chi connectivity index (χ4n) is 1.81. The van der Waals surface area contributed by atoms with Crippen LogP contribution in [0.5, 0.6) is 5.75 Å². The first kappa shape index (κ1) is 16.4. The molecule has 0 aliphatic carbocycles. The van der Waals surface area contributed by atoms with Crippen LogP contribution in [0.4, 0.5) is 0 Å². The van der Waals surface area contributed by atoms with Crippen LogP contribution in [0.1, 0.15) is 45.4 Å². The van der Waals surface area contributed by atoms with Crippen molar-refractivity contribution in [3.05, 3.63) is 24.3 Å². The number of rotatable bonds is 9. The van der Waals surface area contributed by atoms with Crippen LogP contribution in [0.15, 0.2) is 24.3 Å². The summed E-state index contributed by atoms with van der Waals surface area (Å²) in [5, 5.41) is 0. The van der Waals surface area contributed by atoms with Crippen LogP contribution in [0, 0.1) is 0 Å². The second kappa shape index (κ2) is 8.47. The van der Waals surface area contributed by atoms with Gasteiger partial charge in [-0.3, -0.25) is 0 Å². The second-order valence-electron chi connectivity index (χ2n) is 4.65. The van der Waals surface area contributed by atoms with E-state index in [9.17, 15) is 3.74 Å². The average molecular weight is 330 g/mol. The molecule has 0 radical (unpaired) electrons. The van der Waals surface area contributed by atoms with Crippen molar-refractivity contribution in [3.8, 4) is 5.75 Å². The van der Waals surface area contributed by atoms with Crippen molar-refractivity contribution in [2.75, 3.05) is 6.61 Å². The number of hydrogen-bond acceptors (Lipinski definition) is 2. The quantitative estimate of drug-likeness (QED) is 0.537. The third-order valence-corrected chi connectivity index (χ3v) is 4.98. The van der Waals surface area contributed by atoms with Crippen molar-refractivity contribution < 1.29 is 16.7 Å². The topological polar surface area (TPSA) is 66.8 Å². The first-order chi connectivity index (χ1) is 9.04. The normalized spacial score (nSPS) is 11.5. The fraction of sp³-hybridized carbons (Fsp3) is 0.571. The summed E-state index contributed by atoms with van der Waals surface area (Å²) in [5.41, 5.74) is 0. The molecule has 0 saturated carbocycles. The molecule has 0 fully saturated rings. The van der Waals surface area contributed by atoms with E-state index >= 15 is 0 Å². The van der Waals surface area contributed by atoms with E-state index in [1.54, 1.807) is 12.1 Å². The molecule has 2 N–H and O–H groups in total. The molecule has 0 aromatic heterocycles. The zero-order valence-electron chi connectivity index (χ0n) is 11.4. The molecule has 1 rings (SSSR count). The van der Waals surface area contributed by atoms with Crippen molar-refractivity contribution in [3.63, 3.8) is 0 Å². The van der Waals surface area contributed by atoms with Crippen LogP contribution in [-0.4, -0.2) is 29.0 Å². The summed E-state index contributed by atoms with van der Waals surface area (Å²) >= 11 is -4.75. The van der Waals surface area contributed by atoms with Crippen molar-refractivity contribution in [1.82, 2.24) is 0 Å². The predicted molar refractivity (Wildman–Crippen MR) is 75.8 cm³/mol. The van der Waals surface area contributed by atoms with E-state index in [2.05, 4.69) is 6.92 Å². The summed E-state index contributed by atoms with van der Waals surface area (Å²) in [6, 6.07) is 6.12. The molecule has 4 nitrogen and oxygen atoms in total. The van der Waals surface area contributed by atoms with Crippen LogP contribution in [0.2, 0.25) is 0 Å². The van der Waals surface area contributed by atoms with Crippen LogP contribution >= 0.6 is 0 Å². The van der Waals surface area contributed by atoms with E-state index in [1.807, 2.05) is 0 Å². The third-order valence-electron chi connectivity index (χ3n) is 2.94. The van der Waals surface area contributed by atoms with Gasteiger partial charge < -0.3 is 0 Å². The predicted octanol–water partition coefficient (Wildman–Crippen LogP) is 1.99. The molecule has 0 aliphatic rings. The molecule has 0 bridgehead atoms. The van der Waals surface area contributed by atoms with Gasteiger partial charge in [0.2, 0.25) is 0 Å². The van der Waals surface area contributed by atoms with Gasteiger partial charge in [-0.05, 0) is 0 Å². The first-order valence-electron chi connectivity index (χ1n) is 6.83. The van der Waals surface area contributed by atoms with Crippen LogP contribution in [0.3, 0.4) is 0 Å². The van der Waals surface area contributed by atoms with Gasteiger partial charge in [0, 0.05) is 0 Å². The van der Waals surface area contributed by atoms with E-state index < -0.39 is 14.2 Å². The second-order valence-corrected chi connectivity index (χ2v) is 8.02. The molecule has 108 valence electrons. The van der Waals surface area contributed by atoms with Gasteiger partial charge in [-0.2, -0.15) is 0 Å². The molecule has 0 heterocycles. The first-order valence-corrected chi connectivity index (χ1v) is 10.2. The van der Waals surface area contributed by atoms with Gasteiger partial charge in [0.05, 0.1) is 0 Å². The van der Waals surface area contributed by atoms with E-state index in [4.69, 9.17) is 12.9 Å². The molecule has 0 aliphatic heterocycles. The Morgan fingerprint density at radius 2 is 1.58 bits per heavy atom. The molecule has 0 unspecified atom stereocenters. The van der Waals surface area contributed by atoms with Gasteiger partial charge in [-0.25, -0.2) is 0 Å². The number of hydrogen-bond donors (Lipinski definition) is 2. The molecule has 19 heavy (non-hydrogen) atoms. The minimum absolute atomic E-state index is 0.0880. The van der Waals surface area contributed by atoms with Gasteiger partial charge in [0.25, 0.3) is 0 Å². The van der Waals surface area contributed by atoms with Crippen molar-refractivity contribution in [2.24, 2.45) is 0 Å². The van der Waals surface area contributed by atoms with E-state index in [1.165, 1.54) is 44.2 Å². The Bertz CT molecular complexity index is 396. The van der Waals surface area contributed by atoms with Gasteiger partial charge in [-0.15, -0.1) is 0 Å². The molecule has 1 aromatic rings. The molecule has 5 heteroatoms. The van der Waals surface area contributed by atoms with Gasteiger partial charge in [0.15, 0.2) is 0 Å². The van der Waals surface area contributed by atoms with Crippen LogP contribution in [-0.2, 0) is 3.74 Å². The number of unbranched alkanes of at least 4 members (excludes halogenated alkanes) is 5. The molecular weight excluding hydrogens is 307 g/mol. The Balaban J connectivity index is 2.22. The average Bonchev–Trinajstić information content (AvgIpc) is 2.37. The van der Waals surface area contributed by atoms with Crippen molar-refractivity contribution in [1.29, 1.82) is 0 Å². The Kier molecular flexibility index (Phi) is 7.29. The Labute approximate surface area is 117 Å². The number of ether oxygens (including phenoxy) is 1. The molecule has 0 atom stereocenters. The summed E-state index contributed by atoms with van der Waals surface area (Å²) in [5.74, 6) is 0.668. The van der Waals surface area contributed by atoms with Crippen molar-refractivity contribution in [2.45, 2.75) is 45.4 Å². The Hall–Kier alpha value is -0.702. The zero-order chi connectivity index (χ0) is 14.1. The van der Waals surface area contributed by atoms with Crippen LogP contribution in [0.25, 0.3) is 0 Å². The zero-order valence-corrected chi connectivity index (χ0v) is 13.3. The Morgan fingerprint density at radius 3 is 2.16 bits per heavy atom. The number of benzene rings is 1. The van der Waals surface area contributed by atoms with Gasteiger partial charge in [0.1, 0.15) is 0 Å². The van der Waals surface area contributed by atoms with E-state index in [-0.39, 0.29) is 4.35 Å². The van der Waals surface area contributed by atoms with E-state index in [0.717, 1.165) is 6.42 Å². The molecule has 0 saturated heterocycles. The molecule has 0 spiro atoms.